The Labute approximate surface area is 223 Å². The number of rotatable bonds is 5. The lowest BCUT2D eigenvalue weighted by Gasteiger charge is -2.11. The monoisotopic (exact) mass is 556 g/mol. The van der Waals surface area contributed by atoms with E-state index in [0.717, 1.165) is 10.6 Å². The van der Waals surface area contributed by atoms with Crippen LogP contribution in [-0.4, -0.2) is 39.7 Å². The Morgan fingerprint density at radius 1 is 1.12 bits per heavy atom. The molecule has 5 heterocycles. The van der Waals surface area contributed by atoms with Crippen LogP contribution in [0.5, 0.6) is 0 Å². The number of nitrogens with two attached hydrogens (primary N) is 1. The third kappa shape index (κ3) is 5.67. The number of hydrogen-bond donors (Lipinski definition) is 1. The van der Waals surface area contributed by atoms with Crippen molar-refractivity contribution >= 4 is 17.1 Å². The van der Waals surface area contributed by atoms with Gasteiger partial charge in [-0.3, -0.25) is 28.7 Å². The van der Waals surface area contributed by atoms with E-state index >= 15 is 0 Å². The minimum atomic E-state index is -4.40. The summed E-state index contributed by atoms with van der Waals surface area (Å²) in [6, 6.07) is 8.38. The fourth-order valence-electron chi connectivity index (χ4n) is 3.76. The average molecular weight is 557 g/mol. The zero-order valence-electron chi connectivity index (χ0n) is 21.5. The summed E-state index contributed by atoms with van der Waals surface area (Å²) in [6.07, 6.45) is -0.327. The van der Waals surface area contributed by atoms with Gasteiger partial charge in [0.25, 0.3) is 5.56 Å². The Morgan fingerprint density at radius 2 is 1.88 bits per heavy atom. The average Bonchev–Trinajstić information content (AvgIpc) is 3.56. The summed E-state index contributed by atoms with van der Waals surface area (Å²) in [5, 5.41) is 3.80. The molecule has 5 aromatic rings. The molecule has 0 aromatic carbocycles. The zero-order chi connectivity index (χ0) is 29.2. The SMILES string of the molecule is Cc1cc(Cn2c(=O)c3c(ncn3[C@@H](C)C(N)=O)n(C)c2=O)no1.FC(F)(F)c1ccc(-c2ccccn2)cn1. The van der Waals surface area contributed by atoms with E-state index in [2.05, 4.69) is 20.1 Å². The highest BCUT2D eigenvalue weighted by Crippen LogP contribution is 2.28. The Hall–Kier alpha value is -5.08. The number of fused-ring (bicyclic) bond motifs is 1. The van der Waals surface area contributed by atoms with E-state index in [1.165, 1.54) is 34.8 Å². The van der Waals surface area contributed by atoms with Crippen molar-refractivity contribution in [1.82, 2.24) is 33.8 Å². The minimum Gasteiger partial charge on any atom is -0.368 e. The highest BCUT2D eigenvalue weighted by atomic mass is 19.4. The van der Waals surface area contributed by atoms with E-state index in [-0.39, 0.29) is 17.7 Å². The van der Waals surface area contributed by atoms with Crippen LogP contribution in [0.3, 0.4) is 0 Å². The highest BCUT2D eigenvalue weighted by Gasteiger charge is 2.32. The third-order valence-corrected chi connectivity index (χ3v) is 5.90. The number of alkyl halides is 3. The van der Waals surface area contributed by atoms with Crippen molar-refractivity contribution in [1.29, 1.82) is 0 Å². The van der Waals surface area contributed by atoms with Crippen LogP contribution in [-0.2, 0) is 24.6 Å². The maximum absolute atomic E-state index is 12.8. The maximum atomic E-state index is 12.8. The first-order valence-corrected chi connectivity index (χ1v) is 11.7. The van der Waals surface area contributed by atoms with Crippen LogP contribution in [0.2, 0.25) is 0 Å². The molecule has 0 spiro atoms. The highest BCUT2D eigenvalue weighted by molar-refractivity contribution is 5.81. The largest absolute Gasteiger partial charge is 0.433 e. The molecule has 5 aromatic heterocycles. The number of aromatic nitrogens is 7. The molecule has 0 saturated carbocycles. The van der Waals surface area contributed by atoms with Crippen molar-refractivity contribution in [2.24, 2.45) is 12.8 Å². The number of imidazole rings is 1. The van der Waals surface area contributed by atoms with E-state index < -0.39 is 35.1 Å². The summed E-state index contributed by atoms with van der Waals surface area (Å²) >= 11 is 0. The van der Waals surface area contributed by atoms with Gasteiger partial charge in [0.15, 0.2) is 11.2 Å². The van der Waals surface area contributed by atoms with E-state index in [1.807, 2.05) is 0 Å². The van der Waals surface area contributed by atoms with Crippen molar-refractivity contribution in [2.45, 2.75) is 32.6 Å². The fourth-order valence-corrected chi connectivity index (χ4v) is 3.76. The Morgan fingerprint density at radius 3 is 2.42 bits per heavy atom. The summed E-state index contributed by atoms with van der Waals surface area (Å²) in [5.74, 6) is -0.0374. The number of halogens is 3. The molecule has 0 aliphatic heterocycles. The van der Waals surface area contributed by atoms with Crippen LogP contribution in [0, 0.1) is 6.92 Å². The molecule has 0 unspecified atom stereocenters. The lowest BCUT2D eigenvalue weighted by Crippen LogP contribution is -2.40. The number of amides is 1. The van der Waals surface area contributed by atoms with E-state index in [1.54, 1.807) is 44.3 Å². The summed E-state index contributed by atoms with van der Waals surface area (Å²) in [7, 11) is 1.50. The van der Waals surface area contributed by atoms with Crippen molar-refractivity contribution < 1.29 is 22.5 Å². The number of carbonyl (C=O) groups is 1. The summed E-state index contributed by atoms with van der Waals surface area (Å²) < 4.78 is 45.3. The molecule has 15 heteroatoms. The van der Waals surface area contributed by atoms with Gasteiger partial charge in [0.2, 0.25) is 5.91 Å². The van der Waals surface area contributed by atoms with Gasteiger partial charge in [-0.1, -0.05) is 11.2 Å². The van der Waals surface area contributed by atoms with Crippen LogP contribution in [0.1, 0.15) is 30.1 Å². The van der Waals surface area contributed by atoms with Gasteiger partial charge in [-0.2, -0.15) is 13.2 Å². The molecule has 5 rings (SSSR count). The van der Waals surface area contributed by atoms with Crippen LogP contribution >= 0.6 is 0 Å². The fraction of sp³-hybridized carbons (Fsp3) is 0.240. The first-order chi connectivity index (χ1) is 18.9. The van der Waals surface area contributed by atoms with Gasteiger partial charge in [0.1, 0.15) is 23.2 Å². The molecular weight excluding hydrogens is 533 g/mol. The van der Waals surface area contributed by atoms with Gasteiger partial charge in [-0.05, 0) is 38.1 Å². The molecule has 0 radical (unpaired) electrons. The van der Waals surface area contributed by atoms with Gasteiger partial charge in [0, 0.05) is 31.1 Å². The molecule has 2 N–H and O–H groups in total. The second kappa shape index (κ2) is 11.0. The van der Waals surface area contributed by atoms with Gasteiger partial charge < -0.3 is 14.8 Å². The number of pyridine rings is 2. The summed E-state index contributed by atoms with van der Waals surface area (Å²) in [6.45, 7) is 3.22. The Kier molecular flexibility index (Phi) is 7.65. The first kappa shape index (κ1) is 27.9. The number of carbonyl (C=O) groups excluding carboxylic acids is 1. The molecule has 0 aliphatic carbocycles. The molecule has 0 saturated heterocycles. The normalized spacial score (nSPS) is 12.2. The summed E-state index contributed by atoms with van der Waals surface area (Å²) in [5.41, 5.74) is 5.23. The van der Waals surface area contributed by atoms with Crippen molar-refractivity contribution in [3.63, 3.8) is 0 Å². The third-order valence-electron chi connectivity index (χ3n) is 5.90. The quantitative estimate of drug-likeness (QED) is 0.346. The summed E-state index contributed by atoms with van der Waals surface area (Å²) in [4.78, 5) is 48.2. The minimum absolute atomic E-state index is 0.0467. The van der Waals surface area contributed by atoms with Crippen molar-refractivity contribution in [3.8, 4) is 11.3 Å². The molecule has 1 atom stereocenters. The number of aryl methyl sites for hydroxylation is 2. The Bertz CT molecular complexity index is 1770. The predicted octanol–water partition coefficient (Wildman–Crippen LogP) is 2.45. The topological polar surface area (TPSA) is 157 Å². The van der Waals surface area contributed by atoms with Crippen molar-refractivity contribution in [3.05, 3.63) is 93.1 Å². The number of primary amides is 1. The second-order valence-corrected chi connectivity index (χ2v) is 8.71. The van der Waals surface area contributed by atoms with Crippen molar-refractivity contribution in [2.75, 3.05) is 0 Å². The number of hydrogen-bond acceptors (Lipinski definition) is 8. The van der Waals surface area contributed by atoms with Gasteiger partial charge in [0.05, 0.1) is 18.6 Å². The molecule has 0 bridgehead atoms. The molecular formula is C25H23F3N8O4. The maximum Gasteiger partial charge on any atom is 0.433 e. The molecule has 1 amide bonds. The molecule has 40 heavy (non-hydrogen) atoms. The first-order valence-electron chi connectivity index (χ1n) is 11.7. The second-order valence-electron chi connectivity index (χ2n) is 8.71. The molecule has 0 fully saturated rings. The van der Waals surface area contributed by atoms with Crippen LogP contribution in [0.15, 0.2) is 69.2 Å². The number of nitrogens with zero attached hydrogens (tertiary/aromatic N) is 7. The molecule has 0 aliphatic rings. The lowest BCUT2D eigenvalue weighted by atomic mass is 10.2. The van der Waals surface area contributed by atoms with E-state index in [9.17, 15) is 27.6 Å². The smallest absolute Gasteiger partial charge is 0.368 e. The zero-order valence-corrected chi connectivity index (χ0v) is 21.5. The van der Waals surface area contributed by atoms with Crippen LogP contribution in [0.25, 0.3) is 22.4 Å². The lowest BCUT2D eigenvalue weighted by molar-refractivity contribution is -0.141. The van der Waals surface area contributed by atoms with Gasteiger partial charge in [-0.15, -0.1) is 0 Å². The van der Waals surface area contributed by atoms with Crippen LogP contribution in [0.4, 0.5) is 13.2 Å². The standard InChI is InChI=1S/C14H16N6O4.C11H7F3N2/c1-7-4-9(17-24-7)5-19-13(22)10-12(18(3)14(19)23)16-6-20(10)8(2)11(15)21;12-11(13,14)10-5-4-8(7-16-10)9-3-1-2-6-15-9/h4,6,8H,5H2,1-3H3,(H2,15,21);1-7H/t8-;/m0./s1. The van der Waals surface area contributed by atoms with Gasteiger partial charge in [-0.25, -0.2) is 9.78 Å². The Balaban J connectivity index is 0.000000201. The van der Waals surface area contributed by atoms with Gasteiger partial charge >= 0.3 is 11.9 Å². The predicted molar refractivity (Wildman–Crippen MR) is 136 cm³/mol. The van der Waals surface area contributed by atoms with Crippen LogP contribution < -0.4 is 17.0 Å². The molecule has 208 valence electrons. The van der Waals surface area contributed by atoms with E-state index in [4.69, 9.17) is 10.3 Å². The van der Waals surface area contributed by atoms with E-state index in [0.29, 0.717) is 22.7 Å². The molecule has 12 nitrogen and oxygen atoms in total.